The van der Waals surface area contributed by atoms with Crippen LogP contribution in [0.25, 0.3) is 25.1 Å². The molecule has 0 N–H and O–H groups in total. The first-order valence-corrected chi connectivity index (χ1v) is 18.9. The van der Waals surface area contributed by atoms with Crippen molar-refractivity contribution >= 4 is 52.7 Å². The Balaban J connectivity index is 0.000000191. The van der Waals surface area contributed by atoms with Crippen LogP contribution in [0, 0.1) is 17.3 Å². The van der Waals surface area contributed by atoms with Gasteiger partial charge in [0.1, 0.15) is 5.60 Å². The molecule has 8 nitrogen and oxygen atoms in total. The van der Waals surface area contributed by atoms with E-state index in [0.717, 1.165) is 20.2 Å². The number of ether oxygens (including phenoxy) is 2. The topological polar surface area (TPSA) is 127 Å². The first kappa shape index (κ1) is 37.5. The highest BCUT2D eigenvalue weighted by Gasteiger charge is 2.67. The summed E-state index contributed by atoms with van der Waals surface area (Å²) in [5.74, 6) is -2.87. The predicted octanol–water partition coefficient (Wildman–Crippen LogP) is 8.15. The maximum absolute atomic E-state index is 13.8. The Morgan fingerprint density at radius 2 is 1.37 bits per heavy atom. The van der Waals surface area contributed by atoms with E-state index in [2.05, 4.69) is 47.7 Å². The Bertz CT molecular complexity index is 2160. The molecule has 4 fully saturated rings. The lowest BCUT2D eigenvalue weighted by Crippen LogP contribution is -2.61. The van der Waals surface area contributed by atoms with Gasteiger partial charge in [-0.25, -0.2) is 13.2 Å². The van der Waals surface area contributed by atoms with Crippen molar-refractivity contribution in [2.45, 2.75) is 68.6 Å². The van der Waals surface area contributed by atoms with Gasteiger partial charge in [0.25, 0.3) is 6.10 Å². The molecule has 4 aromatic rings. The summed E-state index contributed by atoms with van der Waals surface area (Å²) in [6.07, 6.45) is -9.33. The van der Waals surface area contributed by atoms with Gasteiger partial charge in [-0.05, 0) is 87.3 Å². The number of carbonyl (C=O) groups excluding carboxylic acids is 2. The molecular formula is C37H33F5O8S2. The van der Waals surface area contributed by atoms with Crippen molar-refractivity contribution in [1.82, 2.24) is 0 Å². The molecule has 4 bridgehead atoms. The van der Waals surface area contributed by atoms with E-state index in [-0.39, 0.29) is 52.6 Å². The molecule has 1 aromatic heterocycles. The summed E-state index contributed by atoms with van der Waals surface area (Å²) < 4.78 is 111. The van der Waals surface area contributed by atoms with Crippen LogP contribution < -0.4 is 5.43 Å². The molecule has 4 aliphatic rings. The number of alkyl halides is 5. The molecule has 4 aliphatic carbocycles. The Morgan fingerprint density at radius 3 is 1.85 bits per heavy atom. The molecule has 3 aromatic carbocycles. The number of esters is 2. The van der Waals surface area contributed by atoms with Crippen molar-refractivity contribution in [2.24, 2.45) is 17.3 Å². The first-order valence-electron chi connectivity index (χ1n) is 16.3. The molecule has 52 heavy (non-hydrogen) atoms. The quantitative estimate of drug-likeness (QED) is 0.0461. The van der Waals surface area contributed by atoms with Gasteiger partial charge >= 0.3 is 23.4 Å². The molecule has 0 spiro atoms. The third-order valence-electron chi connectivity index (χ3n) is 9.94. The highest BCUT2D eigenvalue weighted by molar-refractivity contribution is 7.86. The molecular weight excluding hydrogens is 732 g/mol. The van der Waals surface area contributed by atoms with E-state index in [0.29, 0.717) is 19.3 Å². The average molecular weight is 765 g/mol. The van der Waals surface area contributed by atoms with Crippen molar-refractivity contribution in [3.63, 3.8) is 0 Å². The molecule has 0 radical (unpaired) electrons. The number of carbonyl (C=O) groups is 2. The van der Waals surface area contributed by atoms with Crippen LogP contribution in [0.4, 0.5) is 22.0 Å². The van der Waals surface area contributed by atoms with E-state index >= 15 is 0 Å². The zero-order chi connectivity index (χ0) is 37.9. The average Bonchev–Trinajstić information content (AvgIpc) is 3.06. The summed E-state index contributed by atoms with van der Waals surface area (Å²) in [7, 11) is -6.98. The summed E-state index contributed by atoms with van der Waals surface area (Å²) in [4.78, 5) is 38.8. The van der Waals surface area contributed by atoms with Crippen molar-refractivity contribution in [1.29, 1.82) is 0 Å². The van der Waals surface area contributed by atoms with Crippen LogP contribution in [-0.4, -0.2) is 48.0 Å². The van der Waals surface area contributed by atoms with Crippen LogP contribution in [0.3, 0.4) is 0 Å². The maximum atomic E-state index is 13.8. The van der Waals surface area contributed by atoms with E-state index in [1.165, 1.54) is 11.8 Å². The van der Waals surface area contributed by atoms with E-state index in [4.69, 9.17) is 4.74 Å². The van der Waals surface area contributed by atoms with Gasteiger partial charge in [-0.15, -0.1) is 0 Å². The minimum absolute atomic E-state index is 0.0228. The molecule has 4 saturated carbocycles. The van der Waals surface area contributed by atoms with Gasteiger partial charge in [-0.2, -0.15) is 22.0 Å². The Labute approximate surface area is 298 Å². The first-order chi connectivity index (χ1) is 24.3. The van der Waals surface area contributed by atoms with Gasteiger partial charge in [0.05, 0.1) is 16.2 Å². The summed E-state index contributed by atoms with van der Waals surface area (Å²) in [6.45, 7) is 4.86. The van der Waals surface area contributed by atoms with Crippen LogP contribution in [0.2, 0.25) is 0 Å². The third-order valence-corrected chi connectivity index (χ3v) is 13.2. The summed E-state index contributed by atoms with van der Waals surface area (Å²) in [5, 5.41) is -4.24. The Hall–Kier alpha value is -4.21. The lowest BCUT2D eigenvalue weighted by molar-refractivity contribution is -0.269. The fraction of sp³-hybridized carbons (Fsp3) is 0.378. The van der Waals surface area contributed by atoms with Gasteiger partial charge in [-0.3, -0.25) is 9.59 Å². The fourth-order valence-corrected chi connectivity index (χ4v) is 11.1. The number of rotatable bonds is 7. The highest BCUT2D eigenvalue weighted by Crippen LogP contribution is 2.63. The van der Waals surface area contributed by atoms with E-state index in [9.17, 15) is 49.3 Å². The van der Waals surface area contributed by atoms with Crippen molar-refractivity contribution in [2.75, 3.05) is 0 Å². The summed E-state index contributed by atoms with van der Waals surface area (Å²) >= 11 is 0. The second kappa shape index (κ2) is 13.3. The molecule has 3 atom stereocenters. The minimum atomic E-state index is -6.78. The van der Waals surface area contributed by atoms with Gasteiger partial charge in [-0.1, -0.05) is 49.0 Å². The van der Waals surface area contributed by atoms with Crippen molar-refractivity contribution in [3.05, 3.63) is 101 Å². The standard InChI is InChI=1S/C19H13OS.C18H21F5O7S/c20-19-15-10-4-6-12-17(15)21(14-8-2-1-3-9-14)18-13-7-5-11-16(18)19;1-9(2)12(24)30-16-6-10-3-11(7-16)5-15(4-10,8-16)14(25)29-13(17(19,20)21)18(22,23)31(26,27)28/h1-13H;10-11,13H,1,3-8H2,2H3,(H,26,27,28)/q+1;/p-1. The molecule has 3 unspecified atom stereocenters. The molecule has 0 aliphatic heterocycles. The summed E-state index contributed by atoms with van der Waals surface area (Å²) in [6, 6.07) is 26.4. The molecule has 15 heteroatoms. The Kier molecular flexibility index (Phi) is 9.62. The molecule has 0 saturated heterocycles. The zero-order valence-corrected chi connectivity index (χ0v) is 29.3. The molecule has 276 valence electrons. The van der Waals surface area contributed by atoms with E-state index in [1.807, 2.05) is 42.5 Å². The van der Waals surface area contributed by atoms with Gasteiger partial charge in [0.2, 0.25) is 5.43 Å². The second-order valence-corrected chi connectivity index (χ2v) is 17.3. The van der Waals surface area contributed by atoms with Crippen LogP contribution in [0.5, 0.6) is 0 Å². The summed E-state index contributed by atoms with van der Waals surface area (Å²) in [5.41, 5.74) is -2.63. The lowest BCUT2D eigenvalue weighted by Gasteiger charge is -2.59. The van der Waals surface area contributed by atoms with Gasteiger partial charge in [0.15, 0.2) is 24.4 Å². The molecule has 8 rings (SSSR count). The Morgan fingerprint density at radius 1 is 0.865 bits per heavy atom. The van der Waals surface area contributed by atoms with Gasteiger partial charge < -0.3 is 14.0 Å². The van der Waals surface area contributed by atoms with Crippen LogP contribution in [0.15, 0.2) is 95.8 Å². The lowest BCUT2D eigenvalue weighted by atomic mass is 9.48. The number of halogens is 5. The second-order valence-electron chi connectivity index (χ2n) is 13.9. The SMILES string of the molecule is C=C(C)C(=O)OC12CC3CC(C1)CC(C(=O)OC(C(F)(F)F)C(F)(F)S(=O)(=O)[O-])(C3)C2.O=c1c2ccccc2[s+](-c2ccccc2)c2ccccc12. The van der Waals surface area contributed by atoms with Crippen molar-refractivity contribution in [3.8, 4) is 4.90 Å². The van der Waals surface area contributed by atoms with E-state index in [1.54, 1.807) is 0 Å². The van der Waals surface area contributed by atoms with Crippen LogP contribution >= 0.6 is 10.5 Å². The van der Waals surface area contributed by atoms with Gasteiger partial charge in [0, 0.05) is 22.5 Å². The number of hydrogen-bond donors (Lipinski definition) is 0. The van der Waals surface area contributed by atoms with E-state index < -0.39 is 50.6 Å². The third kappa shape index (κ3) is 6.85. The smallest absolute Gasteiger partial charge is 0.432 e. The molecule has 1 heterocycles. The molecule has 0 amide bonds. The zero-order valence-electron chi connectivity index (χ0n) is 27.7. The monoisotopic (exact) mass is 764 g/mol. The maximum Gasteiger partial charge on any atom is 0.432 e. The van der Waals surface area contributed by atoms with Crippen LogP contribution in [-0.2, 0) is 29.2 Å². The predicted molar refractivity (Wildman–Crippen MR) is 183 cm³/mol. The fourth-order valence-electron chi connectivity index (χ4n) is 8.25. The normalized spacial score (nSPS) is 24.5. The highest BCUT2D eigenvalue weighted by atomic mass is 32.2. The van der Waals surface area contributed by atoms with Crippen LogP contribution in [0.1, 0.15) is 45.4 Å². The largest absolute Gasteiger partial charge is 0.743 e. The van der Waals surface area contributed by atoms with Crippen molar-refractivity contribution < 1.29 is 54.0 Å². The minimum Gasteiger partial charge on any atom is -0.743 e. The number of hydrogen-bond acceptors (Lipinski definition) is 8. The number of fused-ring (bicyclic) bond motifs is 2. The number of benzene rings is 3.